The lowest BCUT2D eigenvalue weighted by Crippen LogP contribution is -2.37. The minimum atomic E-state index is -0.534. The van der Waals surface area contributed by atoms with Crippen molar-refractivity contribution in [3.05, 3.63) is 33.0 Å². The molecule has 1 aromatic heterocycles. The Balaban J connectivity index is 1.94. The molecule has 8 nitrogen and oxygen atoms in total. The van der Waals surface area contributed by atoms with E-state index in [1.165, 1.54) is 0 Å². The van der Waals surface area contributed by atoms with Crippen LogP contribution < -0.4 is 20.7 Å². The van der Waals surface area contributed by atoms with Gasteiger partial charge in [-0.2, -0.15) is 0 Å². The number of nitrogens with zero attached hydrogens (tertiary/aromatic N) is 2. The molecule has 0 spiro atoms. The molecular formula is C19H25N3O5. The zero-order valence-corrected chi connectivity index (χ0v) is 15.7. The van der Waals surface area contributed by atoms with Crippen LogP contribution in [-0.2, 0) is 11.3 Å². The molecule has 1 aromatic carbocycles. The summed E-state index contributed by atoms with van der Waals surface area (Å²) in [6, 6.07) is 3.19. The van der Waals surface area contributed by atoms with Crippen molar-refractivity contribution in [1.29, 1.82) is 0 Å². The van der Waals surface area contributed by atoms with Gasteiger partial charge in [-0.05, 0) is 32.8 Å². The summed E-state index contributed by atoms with van der Waals surface area (Å²) in [6.07, 6.45) is 2.14. The number of benzene rings is 1. The summed E-state index contributed by atoms with van der Waals surface area (Å²) in [7, 11) is 0. The van der Waals surface area contributed by atoms with Crippen LogP contribution in [0.3, 0.4) is 0 Å². The van der Waals surface area contributed by atoms with E-state index in [4.69, 9.17) is 9.47 Å². The Morgan fingerprint density at radius 2 is 1.70 bits per heavy atom. The van der Waals surface area contributed by atoms with Gasteiger partial charge >= 0.3 is 5.69 Å². The second-order valence-corrected chi connectivity index (χ2v) is 6.44. The van der Waals surface area contributed by atoms with Gasteiger partial charge in [0, 0.05) is 32.1 Å². The SMILES string of the molecule is CCOc1cc2[nH]c(=O)n(CCC(=O)N3CCCC3)c(=O)c2cc1OCC. The molecule has 146 valence electrons. The van der Waals surface area contributed by atoms with Crippen molar-refractivity contribution in [2.24, 2.45) is 0 Å². The molecule has 1 saturated heterocycles. The number of hydrogen-bond acceptors (Lipinski definition) is 5. The summed E-state index contributed by atoms with van der Waals surface area (Å²) in [6.45, 7) is 6.10. The van der Waals surface area contributed by atoms with Gasteiger partial charge in [0.15, 0.2) is 11.5 Å². The fourth-order valence-corrected chi connectivity index (χ4v) is 3.33. The van der Waals surface area contributed by atoms with Gasteiger partial charge in [0.25, 0.3) is 5.56 Å². The lowest BCUT2D eigenvalue weighted by atomic mass is 10.2. The molecule has 1 fully saturated rings. The predicted octanol–water partition coefficient (Wildman–Crippen LogP) is 1.50. The van der Waals surface area contributed by atoms with Crippen LogP contribution in [0.2, 0.25) is 0 Å². The molecule has 1 amide bonds. The number of carbonyl (C=O) groups is 1. The zero-order chi connectivity index (χ0) is 19.4. The van der Waals surface area contributed by atoms with E-state index in [1.54, 1.807) is 17.0 Å². The Hall–Kier alpha value is -2.77. The largest absolute Gasteiger partial charge is 0.490 e. The average Bonchev–Trinajstić information content (AvgIpc) is 3.18. The third-order valence-electron chi connectivity index (χ3n) is 4.65. The second-order valence-electron chi connectivity index (χ2n) is 6.44. The topological polar surface area (TPSA) is 93.6 Å². The monoisotopic (exact) mass is 375 g/mol. The molecule has 0 aliphatic carbocycles. The maximum absolute atomic E-state index is 12.8. The smallest absolute Gasteiger partial charge is 0.328 e. The standard InChI is InChI=1S/C19H25N3O5/c1-3-26-15-11-13-14(12-16(15)27-4-2)20-19(25)22(18(13)24)10-7-17(23)21-8-5-6-9-21/h11-12H,3-10H2,1-2H3,(H,20,25). The summed E-state index contributed by atoms with van der Waals surface area (Å²) < 4.78 is 12.2. The Bertz CT molecular complexity index is 941. The number of H-pyrrole nitrogens is 1. The lowest BCUT2D eigenvalue weighted by molar-refractivity contribution is -0.130. The number of carbonyl (C=O) groups excluding carboxylic acids is 1. The van der Waals surface area contributed by atoms with E-state index in [0.29, 0.717) is 35.6 Å². The van der Waals surface area contributed by atoms with Crippen LogP contribution in [0, 0.1) is 0 Å². The van der Waals surface area contributed by atoms with Gasteiger partial charge in [-0.15, -0.1) is 0 Å². The number of aromatic nitrogens is 2. The van der Waals surface area contributed by atoms with Crippen LogP contribution in [0.25, 0.3) is 10.9 Å². The van der Waals surface area contributed by atoms with Gasteiger partial charge in [-0.25, -0.2) is 4.79 Å². The predicted molar refractivity (Wildman–Crippen MR) is 102 cm³/mol. The van der Waals surface area contributed by atoms with Gasteiger partial charge < -0.3 is 19.4 Å². The number of hydrogen-bond donors (Lipinski definition) is 1. The van der Waals surface area contributed by atoms with Gasteiger partial charge in [-0.1, -0.05) is 0 Å². The Labute approximate surface area is 156 Å². The second kappa shape index (κ2) is 8.28. The highest BCUT2D eigenvalue weighted by atomic mass is 16.5. The first-order valence-corrected chi connectivity index (χ1v) is 9.39. The van der Waals surface area contributed by atoms with E-state index in [9.17, 15) is 14.4 Å². The highest BCUT2D eigenvalue weighted by Gasteiger charge is 2.19. The first-order valence-electron chi connectivity index (χ1n) is 9.39. The van der Waals surface area contributed by atoms with Crippen molar-refractivity contribution in [2.75, 3.05) is 26.3 Å². The van der Waals surface area contributed by atoms with E-state index in [2.05, 4.69) is 4.98 Å². The van der Waals surface area contributed by atoms with E-state index in [1.807, 2.05) is 13.8 Å². The molecule has 1 aliphatic rings. The molecule has 0 saturated carbocycles. The molecule has 1 aliphatic heterocycles. The summed E-state index contributed by atoms with van der Waals surface area (Å²) >= 11 is 0. The van der Waals surface area contributed by atoms with Gasteiger partial charge in [0.05, 0.1) is 24.1 Å². The zero-order valence-electron chi connectivity index (χ0n) is 15.7. The molecule has 1 N–H and O–H groups in total. The Morgan fingerprint density at radius 3 is 2.33 bits per heavy atom. The highest BCUT2D eigenvalue weighted by Crippen LogP contribution is 2.30. The summed E-state index contributed by atoms with van der Waals surface area (Å²) in [5.41, 5.74) is -0.584. The molecular weight excluding hydrogens is 350 g/mol. The molecule has 0 atom stereocenters. The molecule has 27 heavy (non-hydrogen) atoms. The Kier molecular flexibility index (Phi) is 5.83. The van der Waals surface area contributed by atoms with Crippen LogP contribution >= 0.6 is 0 Å². The van der Waals surface area contributed by atoms with Crippen molar-refractivity contribution < 1.29 is 14.3 Å². The lowest BCUT2D eigenvalue weighted by Gasteiger charge is -2.15. The quantitative estimate of drug-likeness (QED) is 0.792. The Morgan fingerprint density at radius 1 is 1.07 bits per heavy atom. The number of nitrogens with one attached hydrogen (secondary N) is 1. The molecule has 0 unspecified atom stereocenters. The van der Waals surface area contributed by atoms with Crippen molar-refractivity contribution >= 4 is 16.8 Å². The summed E-state index contributed by atoms with van der Waals surface area (Å²) in [4.78, 5) is 41.9. The fourth-order valence-electron chi connectivity index (χ4n) is 3.33. The first-order chi connectivity index (χ1) is 13.0. The maximum atomic E-state index is 12.8. The number of aromatic amines is 1. The van der Waals surface area contributed by atoms with E-state index >= 15 is 0 Å². The maximum Gasteiger partial charge on any atom is 0.328 e. The summed E-state index contributed by atoms with van der Waals surface area (Å²) in [5, 5.41) is 0.329. The first kappa shape index (κ1) is 19.0. The van der Waals surface area contributed by atoms with Crippen molar-refractivity contribution in [3.63, 3.8) is 0 Å². The van der Waals surface area contributed by atoms with E-state index in [-0.39, 0.29) is 18.9 Å². The fraction of sp³-hybridized carbons (Fsp3) is 0.526. The van der Waals surface area contributed by atoms with E-state index in [0.717, 1.165) is 30.5 Å². The number of likely N-dealkylation sites (tertiary alicyclic amines) is 1. The molecule has 8 heteroatoms. The van der Waals surface area contributed by atoms with Gasteiger partial charge in [0.2, 0.25) is 5.91 Å². The molecule has 0 bridgehead atoms. The third kappa shape index (κ3) is 3.99. The van der Waals surface area contributed by atoms with Crippen LogP contribution in [0.5, 0.6) is 11.5 Å². The molecule has 2 heterocycles. The number of fused-ring (bicyclic) bond motifs is 1. The number of ether oxygens (including phenoxy) is 2. The minimum absolute atomic E-state index is 0.0272. The van der Waals surface area contributed by atoms with Crippen molar-refractivity contribution in [3.8, 4) is 11.5 Å². The molecule has 3 rings (SSSR count). The van der Waals surface area contributed by atoms with Crippen LogP contribution in [0.1, 0.15) is 33.1 Å². The normalized spacial score (nSPS) is 13.9. The van der Waals surface area contributed by atoms with Crippen molar-refractivity contribution in [1.82, 2.24) is 14.5 Å². The number of rotatable bonds is 7. The molecule has 2 aromatic rings. The van der Waals surface area contributed by atoms with Crippen LogP contribution in [0.4, 0.5) is 0 Å². The number of amides is 1. The molecule has 0 radical (unpaired) electrons. The minimum Gasteiger partial charge on any atom is -0.490 e. The van der Waals surface area contributed by atoms with Crippen LogP contribution in [0.15, 0.2) is 21.7 Å². The van der Waals surface area contributed by atoms with Crippen LogP contribution in [-0.4, -0.2) is 46.7 Å². The van der Waals surface area contributed by atoms with Crippen molar-refractivity contribution in [2.45, 2.75) is 39.7 Å². The summed E-state index contributed by atoms with van der Waals surface area (Å²) in [5.74, 6) is 0.903. The van der Waals surface area contributed by atoms with E-state index < -0.39 is 11.2 Å². The van der Waals surface area contributed by atoms with Gasteiger partial charge in [0.1, 0.15) is 0 Å². The third-order valence-corrected chi connectivity index (χ3v) is 4.65. The van der Waals surface area contributed by atoms with Gasteiger partial charge in [-0.3, -0.25) is 14.2 Å². The highest BCUT2D eigenvalue weighted by molar-refractivity contribution is 5.81. The average molecular weight is 375 g/mol.